The molecule has 0 aromatic heterocycles. The molecule has 0 aliphatic carbocycles. The van der Waals surface area contributed by atoms with Gasteiger partial charge in [-0.2, -0.15) is 0 Å². The highest BCUT2D eigenvalue weighted by Crippen LogP contribution is 2.36. The lowest BCUT2D eigenvalue weighted by atomic mass is 9.94. The van der Waals surface area contributed by atoms with Gasteiger partial charge in [-0.3, -0.25) is 9.59 Å². The molecule has 0 bridgehead atoms. The number of aryl methyl sites for hydroxylation is 2. The monoisotopic (exact) mass is 338 g/mol. The van der Waals surface area contributed by atoms with Crippen molar-refractivity contribution < 1.29 is 18.8 Å². The summed E-state index contributed by atoms with van der Waals surface area (Å²) in [7, 11) is 0. The topological polar surface area (TPSA) is 59.0 Å². The highest BCUT2D eigenvalue weighted by Gasteiger charge is 2.56. The fourth-order valence-corrected chi connectivity index (χ4v) is 3.33. The molecule has 0 radical (unpaired) electrons. The fraction of sp³-hybridized carbons (Fsp3) is 0.211. The van der Waals surface area contributed by atoms with Crippen LogP contribution in [0.3, 0.4) is 0 Å². The number of fused-ring (bicyclic) bond motifs is 1. The molecule has 2 amide bonds. The number of anilines is 1. The van der Waals surface area contributed by atoms with Gasteiger partial charge in [0.2, 0.25) is 12.0 Å². The van der Waals surface area contributed by atoms with Gasteiger partial charge in [0.15, 0.2) is 0 Å². The summed E-state index contributed by atoms with van der Waals surface area (Å²) in [6.07, 6.45) is -0.965. The van der Waals surface area contributed by atoms with Gasteiger partial charge in [0.1, 0.15) is 17.4 Å². The minimum absolute atomic E-state index is 0.357. The molecule has 2 aromatic carbocycles. The van der Waals surface area contributed by atoms with Gasteiger partial charge in [-0.25, -0.2) is 9.29 Å². The largest absolute Gasteiger partial charge is 0.381 e. The summed E-state index contributed by atoms with van der Waals surface area (Å²) >= 11 is 0. The predicted octanol–water partition coefficient (Wildman–Crippen LogP) is 2.74. The van der Waals surface area contributed by atoms with E-state index in [1.165, 1.54) is 29.2 Å². The molecule has 1 fully saturated rings. The zero-order valence-corrected chi connectivity index (χ0v) is 13.7. The van der Waals surface area contributed by atoms with Gasteiger partial charge in [0, 0.05) is 5.56 Å². The minimum atomic E-state index is -0.965. The molecule has 0 N–H and O–H groups in total. The fourth-order valence-electron chi connectivity index (χ4n) is 3.33. The number of nitrogens with zero attached hydrogens (tertiary/aromatic N) is 2. The molecular weight excluding hydrogens is 323 g/mol. The van der Waals surface area contributed by atoms with E-state index in [-0.39, 0.29) is 11.7 Å². The van der Waals surface area contributed by atoms with Crippen molar-refractivity contribution in [2.75, 3.05) is 4.90 Å². The van der Waals surface area contributed by atoms with Crippen molar-refractivity contribution in [3.8, 4) is 0 Å². The van der Waals surface area contributed by atoms with E-state index in [4.69, 9.17) is 4.84 Å². The van der Waals surface area contributed by atoms with Crippen molar-refractivity contribution in [1.29, 1.82) is 0 Å². The Morgan fingerprint density at radius 3 is 2.44 bits per heavy atom. The Morgan fingerprint density at radius 2 is 1.76 bits per heavy atom. The Morgan fingerprint density at radius 1 is 1.04 bits per heavy atom. The van der Waals surface area contributed by atoms with Crippen LogP contribution in [0, 0.1) is 25.6 Å². The van der Waals surface area contributed by atoms with Gasteiger partial charge >= 0.3 is 0 Å². The van der Waals surface area contributed by atoms with E-state index < -0.39 is 17.9 Å². The summed E-state index contributed by atoms with van der Waals surface area (Å²) in [5.74, 6) is -1.99. The molecule has 4 rings (SSSR count). The second kappa shape index (κ2) is 5.51. The Balaban J connectivity index is 1.72. The lowest BCUT2D eigenvalue weighted by molar-refractivity contribution is -0.126. The zero-order valence-electron chi connectivity index (χ0n) is 13.7. The van der Waals surface area contributed by atoms with E-state index in [0.717, 1.165) is 11.1 Å². The van der Waals surface area contributed by atoms with E-state index in [2.05, 4.69) is 5.16 Å². The predicted molar refractivity (Wildman–Crippen MR) is 89.7 cm³/mol. The molecule has 2 aliphatic rings. The van der Waals surface area contributed by atoms with E-state index in [9.17, 15) is 14.0 Å². The third-order valence-corrected chi connectivity index (χ3v) is 4.55. The lowest BCUT2D eigenvalue weighted by Crippen LogP contribution is -2.33. The van der Waals surface area contributed by atoms with Gasteiger partial charge in [-0.05, 0) is 37.6 Å². The summed E-state index contributed by atoms with van der Waals surface area (Å²) < 4.78 is 13.1. The Labute approximate surface area is 143 Å². The summed E-state index contributed by atoms with van der Waals surface area (Å²) in [5, 5.41) is 3.91. The van der Waals surface area contributed by atoms with Crippen LogP contribution in [0.15, 0.2) is 47.6 Å². The second-order valence-electron chi connectivity index (χ2n) is 6.29. The van der Waals surface area contributed by atoms with Gasteiger partial charge in [-0.1, -0.05) is 35.0 Å². The van der Waals surface area contributed by atoms with Crippen LogP contribution in [0.4, 0.5) is 10.1 Å². The number of imide groups is 1. The SMILES string of the molecule is Cc1ccc(N2C(=O)[C@@H]3C(c4ccc(F)cc4)=NO[C@H]3C2=O)c(C)c1. The first kappa shape index (κ1) is 15.5. The minimum Gasteiger partial charge on any atom is -0.381 e. The van der Waals surface area contributed by atoms with Crippen molar-refractivity contribution in [1.82, 2.24) is 0 Å². The molecule has 1 saturated heterocycles. The third-order valence-electron chi connectivity index (χ3n) is 4.55. The standard InChI is InChI=1S/C19H15FN2O3/c1-10-3-8-14(11(2)9-10)22-18(23)15-16(21-25-17(15)19(22)24)12-4-6-13(20)7-5-12/h3-9,15,17H,1-2H3/t15-,17-/m1/s1. The van der Waals surface area contributed by atoms with E-state index in [1.54, 1.807) is 6.07 Å². The lowest BCUT2D eigenvalue weighted by Gasteiger charge is -2.18. The molecule has 126 valence electrons. The van der Waals surface area contributed by atoms with E-state index in [0.29, 0.717) is 17.0 Å². The van der Waals surface area contributed by atoms with Gasteiger partial charge in [0.25, 0.3) is 5.91 Å². The molecule has 2 heterocycles. The molecule has 2 aliphatic heterocycles. The molecule has 6 heteroatoms. The number of oxime groups is 1. The summed E-state index contributed by atoms with van der Waals surface area (Å²) in [5.41, 5.74) is 3.36. The number of carbonyl (C=O) groups is 2. The van der Waals surface area contributed by atoms with Crippen LogP contribution in [0.5, 0.6) is 0 Å². The highest BCUT2D eigenvalue weighted by molar-refractivity contribution is 6.32. The average Bonchev–Trinajstić information content (AvgIpc) is 3.11. The van der Waals surface area contributed by atoms with Crippen LogP contribution < -0.4 is 4.90 Å². The molecular formula is C19H15FN2O3. The van der Waals surface area contributed by atoms with Crippen LogP contribution >= 0.6 is 0 Å². The third kappa shape index (κ3) is 2.33. The van der Waals surface area contributed by atoms with Crippen molar-refractivity contribution in [3.05, 3.63) is 65.0 Å². The van der Waals surface area contributed by atoms with Crippen LogP contribution in [0.1, 0.15) is 16.7 Å². The Bertz CT molecular complexity index is 921. The number of hydrogen-bond donors (Lipinski definition) is 0. The molecule has 2 aromatic rings. The summed E-state index contributed by atoms with van der Waals surface area (Å²) in [6.45, 7) is 3.80. The highest BCUT2D eigenvalue weighted by atomic mass is 19.1. The first-order chi connectivity index (χ1) is 12.0. The molecule has 2 atom stereocenters. The van der Waals surface area contributed by atoms with Gasteiger partial charge in [-0.15, -0.1) is 0 Å². The zero-order chi connectivity index (χ0) is 17.7. The first-order valence-electron chi connectivity index (χ1n) is 7.92. The number of carbonyl (C=O) groups excluding carboxylic acids is 2. The number of halogens is 1. The Kier molecular flexibility index (Phi) is 3.42. The molecule has 0 spiro atoms. The summed E-state index contributed by atoms with van der Waals surface area (Å²) in [6, 6.07) is 11.2. The van der Waals surface area contributed by atoms with Crippen molar-refractivity contribution in [2.24, 2.45) is 11.1 Å². The number of rotatable bonds is 2. The molecule has 5 nitrogen and oxygen atoms in total. The first-order valence-corrected chi connectivity index (χ1v) is 7.92. The molecule has 25 heavy (non-hydrogen) atoms. The van der Waals surface area contributed by atoms with E-state index >= 15 is 0 Å². The maximum atomic E-state index is 13.1. The average molecular weight is 338 g/mol. The quantitative estimate of drug-likeness (QED) is 0.791. The smallest absolute Gasteiger partial charge is 0.278 e. The molecule has 0 unspecified atom stereocenters. The normalized spacial score (nSPS) is 22.0. The van der Waals surface area contributed by atoms with E-state index in [1.807, 2.05) is 26.0 Å². The summed E-state index contributed by atoms with van der Waals surface area (Å²) in [4.78, 5) is 32.1. The Hall–Kier alpha value is -3.02. The number of amides is 2. The number of hydrogen-bond acceptors (Lipinski definition) is 4. The number of benzene rings is 2. The van der Waals surface area contributed by atoms with Crippen LogP contribution in [0.25, 0.3) is 0 Å². The van der Waals surface area contributed by atoms with Crippen molar-refractivity contribution in [2.45, 2.75) is 20.0 Å². The van der Waals surface area contributed by atoms with Crippen LogP contribution in [-0.4, -0.2) is 23.6 Å². The van der Waals surface area contributed by atoms with Crippen molar-refractivity contribution >= 4 is 23.2 Å². The maximum absolute atomic E-state index is 13.1. The maximum Gasteiger partial charge on any atom is 0.278 e. The second-order valence-corrected chi connectivity index (χ2v) is 6.29. The molecule has 0 saturated carbocycles. The van der Waals surface area contributed by atoms with Crippen LogP contribution in [-0.2, 0) is 14.4 Å². The van der Waals surface area contributed by atoms with Gasteiger partial charge in [0.05, 0.1) is 5.69 Å². The van der Waals surface area contributed by atoms with Gasteiger partial charge < -0.3 is 4.84 Å². The van der Waals surface area contributed by atoms with Crippen LogP contribution in [0.2, 0.25) is 0 Å². The van der Waals surface area contributed by atoms with Crippen molar-refractivity contribution in [3.63, 3.8) is 0 Å².